The van der Waals surface area contributed by atoms with Gasteiger partial charge in [-0.25, -0.2) is 9.37 Å². The van der Waals surface area contributed by atoms with Crippen LogP contribution < -0.4 is 0 Å². The van der Waals surface area contributed by atoms with Crippen LogP contribution in [0.2, 0.25) is 0 Å². The number of rotatable bonds is 3. The fourth-order valence-corrected chi connectivity index (χ4v) is 3.52. The number of hydrogen-bond donors (Lipinski definition) is 0. The third-order valence-corrected chi connectivity index (χ3v) is 4.91. The van der Waals surface area contributed by atoms with Gasteiger partial charge in [0.05, 0.1) is 22.7 Å². The van der Waals surface area contributed by atoms with Crippen LogP contribution in [0.3, 0.4) is 0 Å². The lowest BCUT2D eigenvalue weighted by atomic mass is 9.96. The van der Waals surface area contributed by atoms with Crippen LogP contribution in [-0.4, -0.2) is 9.55 Å². The Morgan fingerprint density at radius 2 is 1.68 bits per heavy atom. The second-order valence-corrected chi connectivity index (χ2v) is 6.80. The van der Waals surface area contributed by atoms with E-state index in [0.29, 0.717) is 5.56 Å². The summed E-state index contributed by atoms with van der Waals surface area (Å²) in [7, 11) is 0. The van der Waals surface area contributed by atoms with Crippen LogP contribution in [0.4, 0.5) is 4.39 Å². The van der Waals surface area contributed by atoms with Gasteiger partial charge in [0.25, 0.3) is 0 Å². The first-order valence-corrected chi connectivity index (χ1v) is 8.93. The van der Waals surface area contributed by atoms with E-state index in [1.54, 1.807) is 24.3 Å². The van der Waals surface area contributed by atoms with Crippen molar-refractivity contribution in [3.63, 3.8) is 0 Å². The number of aryl methyl sites for hydroxylation is 2. The van der Waals surface area contributed by atoms with Gasteiger partial charge in [-0.3, -0.25) is 4.57 Å². The molecule has 1 heterocycles. The summed E-state index contributed by atoms with van der Waals surface area (Å²) < 4.78 is 15.4. The molecule has 4 heteroatoms. The molecular weight excluding hydrogens is 349 g/mol. The van der Waals surface area contributed by atoms with Gasteiger partial charge >= 0.3 is 0 Å². The maximum atomic E-state index is 13.3. The van der Waals surface area contributed by atoms with Crippen molar-refractivity contribution in [1.29, 1.82) is 5.26 Å². The predicted molar refractivity (Wildman–Crippen MR) is 110 cm³/mol. The monoisotopic (exact) mass is 367 g/mol. The topological polar surface area (TPSA) is 41.6 Å². The lowest BCUT2D eigenvalue weighted by Crippen LogP contribution is -1.98. The zero-order valence-electron chi connectivity index (χ0n) is 15.7. The Morgan fingerprint density at radius 1 is 1.00 bits per heavy atom. The second kappa shape index (κ2) is 6.79. The Bertz CT molecular complexity index is 1240. The number of aromatic nitrogens is 2. The van der Waals surface area contributed by atoms with Gasteiger partial charge in [-0.05, 0) is 84.6 Å². The first kappa shape index (κ1) is 17.7. The molecule has 0 amide bonds. The molecule has 0 aliphatic heterocycles. The molecule has 0 aliphatic rings. The minimum absolute atomic E-state index is 0.261. The van der Waals surface area contributed by atoms with E-state index in [4.69, 9.17) is 10.2 Å². The first-order valence-electron chi connectivity index (χ1n) is 8.93. The minimum Gasteiger partial charge on any atom is -0.296 e. The molecule has 0 fully saturated rings. The van der Waals surface area contributed by atoms with Crippen molar-refractivity contribution < 1.29 is 4.39 Å². The molecule has 3 nitrogen and oxygen atoms in total. The van der Waals surface area contributed by atoms with Gasteiger partial charge in [-0.2, -0.15) is 5.26 Å². The molecule has 0 radical (unpaired) electrons. The van der Waals surface area contributed by atoms with Crippen molar-refractivity contribution in [1.82, 2.24) is 9.55 Å². The number of halogens is 1. The molecule has 0 N–H and O–H groups in total. The highest BCUT2D eigenvalue weighted by molar-refractivity contribution is 5.89. The predicted octanol–water partition coefficient (Wildman–Crippen LogP) is 5.71. The molecule has 0 saturated heterocycles. The van der Waals surface area contributed by atoms with Gasteiger partial charge in [0.1, 0.15) is 11.6 Å². The molecule has 0 bridgehead atoms. The molecule has 0 unspecified atom stereocenters. The van der Waals surface area contributed by atoms with Gasteiger partial charge in [0.2, 0.25) is 0 Å². The van der Waals surface area contributed by atoms with E-state index >= 15 is 0 Å². The average molecular weight is 367 g/mol. The second-order valence-electron chi connectivity index (χ2n) is 6.80. The van der Waals surface area contributed by atoms with E-state index < -0.39 is 0 Å². The molecule has 28 heavy (non-hydrogen) atoms. The molecule has 0 saturated carbocycles. The Labute approximate surface area is 163 Å². The zero-order chi connectivity index (χ0) is 19.8. The van der Waals surface area contributed by atoms with Crippen molar-refractivity contribution in [2.75, 3.05) is 0 Å². The molecular formula is C24H18FN3. The van der Waals surface area contributed by atoms with Crippen molar-refractivity contribution in [2.45, 2.75) is 13.8 Å². The maximum absolute atomic E-state index is 13.3. The number of fused-ring (bicyclic) bond motifs is 1. The summed E-state index contributed by atoms with van der Waals surface area (Å²) in [5.41, 5.74) is 7.26. The van der Waals surface area contributed by atoms with Crippen molar-refractivity contribution in [2.24, 2.45) is 0 Å². The van der Waals surface area contributed by atoms with Crippen LogP contribution in [0, 0.1) is 31.0 Å². The van der Waals surface area contributed by atoms with Gasteiger partial charge in [0, 0.05) is 5.69 Å². The van der Waals surface area contributed by atoms with Crippen LogP contribution >= 0.6 is 0 Å². The molecule has 4 rings (SSSR count). The van der Waals surface area contributed by atoms with E-state index in [0.717, 1.165) is 44.8 Å². The third kappa shape index (κ3) is 2.97. The molecule has 3 aromatic carbocycles. The lowest BCUT2D eigenvalue weighted by molar-refractivity contribution is 0.627. The van der Waals surface area contributed by atoms with Gasteiger partial charge in [-0.15, -0.1) is 0 Å². The third-order valence-electron chi connectivity index (χ3n) is 4.91. The van der Waals surface area contributed by atoms with E-state index in [-0.39, 0.29) is 5.82 Å². The molecule has 4 aromatic rings. The SMILES string of the molecule is C=C(c1ccc(C#N)cc1)c1cc(C)c2c(c1)nc(C)n2-c1ccc(F)cc1. The van der Waals surface area contributed by atoms with E-state index in [9.17, 15) is 4.39 Å². The van der Waals surface area contributed by atoms with Crippen LogP contribution in [-0.2, 0) is 0 Å². The quantitative estimate of drug-likeness (QED) is 0.465. The number of benzene rings is 3. The largest absolute Gasteiger partial charge is 0.296 e. The zero-order valence-corrected chi connectivity index (χ0v) is 15.7. The normalized spacial score (nSPS) is 10.8. The molecule has 1 aromatic heterocycles. The van der Waals surface area contributed by atoms with E-state index in [1.165, 1.54) is 12.1 Å². The Balaban J connectivity index is 1.82. The van der Waals surface area contributed by atoms with E-state index in [2.05, 4.69) is 18.7 Å². The molecule has 0 atom stereocenters. The van der Waals surface area contributed by atoms with Gasteiger partial charge < -0.3 is 0 Å². The summed E-state index contributed by atoms with van der Waals surface area (Å²) in [4.78, 5) is 4.72. The van der Waals surface area contributed by atoms with Crippen molar-refractivity contribution in [3.8, 4) is 11.8 Å². The Kier molecular flexibility index (Phi) is 4.29. The highest BCUT2D eigenvalue weighted by Crippen LogP contribution is 2.30. The van der Waals surface area contributed by atoms with Gasteiger partial charge in [-0.1, -0.05) is 18.7 Å². The standard InChI is InChI=1S/C24H18FN3/c1-15-12-20(16(2)19-6-4-18(14-26)5-7-19)13-23-24(15)28(17(3)27-23)22-10-8-21(25)9-11-22/h4-13H,2H2,1,3H3. The highest BCUT2D eigenvalue weighted by atomic mass is 19.1. The minimum atomic E-state index is -0.261. The highest BCUT2D eigenvalue weighted by Gasteiger charge is 2.14. The fourth-order valence-electron chi connectivity index (χ4n) is 3.52. The summed E-state index contributed by atoms with van der Waals surface area (Å²) >= 11 is 0. The number of imidazole rings is 1. The average Bonchev–Trinajstić information content (AvgIpc) is 3.04. The van der Waals surface area contributed by atoms with E-state index in [1.807, 2.05) is 36.6 Å². The summed E-state index contributed by atoms with van der Waals surface area (Å²) in [6.45, 7) is 8.22. The summed E-state index contributed by atoms with van der Waals surface area (Å²) in [5.74, 6) is 0.578. The maximum Gasteiger partial charge on any atom is 0.123 e. The van der Waals surface area contributed by atoms with Crippen LogP contribution in [0.5, 0.6) is 0 Å². The first-order chi connectivity index (χ1) is 13.5. The van der Waals surface area contributed by atoms with Gasteiger partial charge in [0.15, 0.2) is 0 Å². The van der Waals surface area contributed by atoms with Crippen molar-refractivity contribution in [3.05, 3.63) is 101 Å². The summed E-state index contributed by atoms with van der Waals surface area (Å²) in [6, 6.07) is 20.1. The summed E-state index contributed by atoms with van der Waals surface area (Å²) in [5, 5.41) is 8.97. The number of nitrogens with zero attached hydrogens (tertiary/aromatic N) is 3. The smallest absolute Gasteiger partial charge is 0.123 e. The van der Waals surface area contributed by atoms with Crippen LogP contribution in [0.1, 0.15) is 28.1 Å². The molecule has 136 valence electrons. The lowest BCUT2D eigenvalue weighted by Gasteiger charge is -2.11. The Hall–Kier alpha value is -3.71. The van der Waals surface area contributed by atoms with Crippen LogP contribution in [0.25, 0.3) is 22.3 Å². The molecule has 0 spiro atoms. The molecule has 0 aliphatic carbocycles. The van der Waals surface area contributed by atoms with Crippen LogP contribution in [0.15, 0.2) is 67.2 Å². The summed E-state index contributed by atoms with van der Waals surface area (Å²) in [6.07, 6.45) is 0. The van der Waals surface area contributed by atoms with Crippen molar-refractivity contribution >= 4 is 16.6 Å². The number of nitriles is 1. The Morgan fingerprint density at radius 3 is 2.32 bits per heavy atom. The fraction of sp³-hybridized carbons (Fsp3) is 0.0833. The number of hydrogen-bond acceptors (Lipinski definition) is 2.